The number of carboxylic acid groups (broad SMARTS) is 1. The maximum atomic E-state index is 10.7. The maximum Gasteiger partial charge on any atom is 0.335 e. The van der Waals surface area contributed by atoms with E-state index in [4.69, 9.17) is 9.52 Å². The third-order valence-electron chi connectivity index (χ3n) is 2.87. The Morgan fingerprint density at radius 2 is 1.87 bits per heavy atom. The fraction of sp³-hybridized carbons (Fsp3) is 0. The van der Waals surface area contributed by atoms with Crippen LogP contribution < -0.4 is 0 Å². The normalized spacial score (nSPS) is 9.39. The van der Waals surface area contributed by atoms with E-state index in [2.05, 4.69) is 28.7 Å². The van der Waals surface area contributed by atoms with E-state index in [1.165, 1.54) is 29.9 Å². The number of aromatic carboxylic acids is 1. The summed E-state index contributed by atoms with van der Waals surface area (Å²) >= 11 is 1.50. The molecule has 0 unspecified atom stereocenters. The zero-order valence-electron chi connectivity index (χ0n) is 11.7. The van der Waals surface area contributed by atoms with E-state index in [1.54, 1.807) is 18.3 Å². The van der Waals surface area contributed by atoms with E-state index in [-0.39, 0.29) is 5.56 Å². The van der Waals surface area contributed by atoms with Gasteiger partial charge in [0.1, 0.15) is 0 Å². The standard InChI is InChI=1S/C18H9NO3S/c20-18(21)14-7-5-13(6-8-14)3-1-2-4-15-9-10-17(23-15)16-11-19-12-22-16/h5-12H,(H,20,21). The molecule has 23 heavy (non-hydrogen) atoms. The van der Waals surface area contributed by atoms with Crippen molar-refractivity contribution in [1.29, 1.82) is 0 Å². The van der Waals surface area contributed by atoms with E-state index in [1.807, 2.05) is 12.1 Å². The second-order valence-corrected chi connectivity index (χ2v) is 5.50. The molecule has 2 aromatic heterocycles. The Kier molecular flexibility index (Phi) is 4.24. The Bertz CT molecular complexity index is 946. The first-order valence-electron chi connectivity index (χ1n) is 6.56. The lowest BCUT2D eigenvalue weighted by atomic mass is 10.1. The summed E-state index contributed by atoms with van der Waals surface area (Å²) in [6.45, 7) is 0. The Balaban J connectivity index is 1.70. The molecule has 2 heterocycles. The third-order valence-corrected chi connectivity index (χ3v) is 3.88. The molecule has 0 bridgehead atoms. The first kappa shape index (κ1) is 14.6. The van der Waals surface area contributed by atoms with Gasteiger partial charge in [0, 0.05) is 5.56 Å². The van der Waals surface area contributed by atoms with Crippen LogP contribution in [0, 0.1) is 23.7 Å². The Labute approximate surface area is 136 Å². The van der Waals surface area contributed by atoms with Crippen molar-refractivity contribution in [1.82, 2.24) is 4.98 Å². The summed E-state index contributed by atoms with van der Waals surface area (Å²) in [6, 6.07) is 10.2. The lowest BCUT2D eigenvalue weighted by Crippen LogP contribution is -1.94. The SMILES string of the molecule is O=C(O)c1ccc(C#CC#Cc2ccc(-c3cnco3)s2)cc1. The molecule has 0 fully saturated rings. The van der Waals surface area contributed by atoms with Gasteiger partial charge >= 0.3 is 5.97 Å². The van der Waals surface area contributed by atoms with Crippen molar-refractivity contribution in [2.45, 2.75) is 0 Å². The van der Waals surface area contributed by atoms with E-state index in [0.29, 0.717) is 5.76 Å². The highest BCUT2D eigenvalue weighted by atomic mass is 32.1. The molecule has 3 aromatic rings. The number of carbonyl (C=O) groups is 1. The number of rotatable bonds is 2. The van der Waals surface area contributed by atoms with Crippen molar-refractivity contribution in [3.63, 3.8) is 0 Å². The molecule has 0 aliphatic rings. The molecule has 110 valence electrons. The van der Waals surface area contributed by atoms with Crippen LogP contribution >= 0.6 is 11.3 Å². The highest BCUT2D eigenvalue weighted by Gasteiger charge is 2.03. The molecule has 4 nitrogen and oxygen atoms in total. The fourth-order valence-electron chi connectivity index (χ4n) is 1.77. The average Bonchev–Trinajstić information content (AvgIpc) is 3.23. The van der Waals surface area contributed by atoms with Gasteiger partial charge in [-0.3, -0.25) is 0 Å². The monoisotopic (exact) mass is 319 g/mol. The Morgan fingerprint density at radius 1 is 1.09 bits per heavy atom. The minimum Gasteiger partial charge on any atom is -0.478 e. The molecular formula is C18H9NO3S. The number of oxazole rings is 1. The highest BCUT2D eigenvalue weighted by molar-refractivity contribution is 7.15. The van der Waals surface area contributed by atoms with Crippen LogP contribution in [0.25, 0.3) is 10.6 Å². The number of thiophene rings is 1. The van der Waals surface area contributed by atoms with E-state index >= 15 is 0 Å². The summed E-state index contributed by atoms with van der Waals surface area (Å²) in [7, 11) is 0. The summed E-state index contributed by atoms with van der Waals surface area (Å²) < 4.78 is 5.22. The van der Waals surface area contributed by atoms with E-state index in [0.717, 1.165) is 15.3 Å². The summed E-state index contributed by atoms with van der Waals surface area (Å²) in [5.74, 6) is 11.1. The summed E-state index contributed by atoms with van der Waals surface area (Å²) in [6.07, 6.45) is 3.05. The van der Waals surface area contributed by atoms with Gasteiger partial charge in [0.15, 0.2) is 12.2 Å². The molecule has 0 spiro atoms. The lowest BCUT2D eigenvalue weighted by molar-refractivity contribution is 0.0697. The molecule has 0 aliphatic carbocycles. The molecule has 0 saturated carbocycles. The van der Waals surface area contributed by atoms with Crippen LogP contribution in [0.2, 0.25) is 0 Å². The van der Waals surface area contributed by atoms with Crippen molar-refractivity contribution in [3.05, 3.63) is 65.0 Å². The van der Waals surface area contributed by atoms with Crippen molar-refractivity contribution >= 4 is 17.3 Å². The van der Waals surface area contributed by atoms with Crippen LogP contribution in [-0.2, 0) is 0 Å². The van der Waals surface area contributed by atoms with Gasteiger partial charge in [-0.1, -0.05) is 5.92 Å². The molecular weight excluding hydrogens is 310 g/mol. The van der Waals surface area contributed by atoms with Crippen molar-refractivity contribution in [2.75, 3.05) is 0 Å². The van der Waals surface area contributed by atoms with Gasteiger partial charge < -0.3 is 9.52 Å². The Hall–Kier alpha value is -3.28. The molecule has 3 rings (SSSR count). The molecule has 0 atom stereocenters. The van der Waals surface area contributed by atoms with Gasteiger partial charge in [-0.2, -0.15) is 0 Å². The fourth-order valence-corrected chi connectivity index (χ4v) is 2.58. The van der Waals surface area contributed by atoms with Gasteiger partial charge in [-0.05, 0) is 54.2 Å². The smallest absolute Gasteiger partial charge is 0.335 e. The van der Waals surface area contributed by atoms with E-state index < -0.39 is 5.97 Å². The zero-order chi connectivity index (χ0) is 16.1. The van der Waals surface area contributed by atoms with Crippen LogP contribution in [0.15, 0.2) is 53.4 Å². The third kappa shape index (κ3) is 3.68. The van der Waals surface area contributed by atoms with Crippen molar-refractivity contribution in [3.8, 4) is 34.3 Å². The predicted molar refractivity (Wildman–Crippen MR) is 87.0 cm³/mol. The van der Waals surface area contributed by atoms with Gasteiger partial charge in [-0.15, -0.1) is 11.3 Å². The van der Waals surface area contributed by atoms with Crippen molar-refractivity contribution < 1.29 is 14.3 Å². The second kappa shape index (κ2) is 6.65. The lowest BCUT2D eigenvalue weighted by Gasteiger charge is -1.92. The van der Waals surface area contributed by atoms with Crippen LogP contribution in [0.1, 0.15) is 20.8 Å². The summed E-state index contributed by atoms with van der Waals surface area (Å²) in [5, 5.41) is 8.82. The largest absolute Gasteiger partial charge is 0.478 e. The first-order valence-corrected chi connectivity index (χ1v) is 7.38. The number of benzene rings is 1. The first-order chi connectivity index (χ1) is 11.2. The van der Waals surface area contributed by atoms with Crippen LogP contribution in [0.3, 0.4) is 0 Å². The molecule has 1 aromatic carbocycles. The molecule has 0 saturated heterocycles. The molecule has 5 heteroatoms. The van der Waals surface area contributed by atoms with Gasteiger partial charge in [0.2, 0.25) is 0 Å². The molecule has 0 amide bonds. The zero-order valence-corrected chi connectivity index (χ0v) is 12.6. The summed E-state index contributed by atoms with van der Waals surface area (Å²) in [5.41, 5.74) is 0.956. The highest BCUT2D eigenvalue weighted by Crippen LogP contribution is 2.26. The Morgan fingerprint density at radius 3 is 2.57 bits per heavy atom. The molecule has 0 radical (unpaired) electrons. The minimum atomic E-state index is -0.954. The number of aromatic nitrogens is 1. The molecule has 1 N–H and O–H groups in total. The van der Waals surface area contributed by atoms with Gasteiger partial charge in [-0.25, -0.2) is 9.78 Å². The van der Waals surface area contributed by atoms with E-state index in [9.17, 15) is 4.79 Å². The quantitative estimate of drug-likeness (QED) is 0.734. The molecule has 0 aliphatic heterocycles. The minimum absolute atomic E-state index is 0.236. The summed E-state index contributed by atoms with van der Waals surface area (Å²) in [4.78, 5) is 16.5. The van der Waals surface area contributed by atoms with Gasteiger partial charge in [0.25, 0.3) is 0 Å². The second-order valence-electron chi connectivity index (χ2n) is 4.41. The van der Waals surface area contributed by atoms with Crippen LogP contribution in [0.5, 0.6) is 0 Å². The van der Waals surface area contributed by atoms with Crippen LogP contribution in [0.4, 0.5) is 0 Å². The topological polar surface area (TPSA) is 63.3 Å². The number of hydrogen-bond acceptors (Lipinski definition) is 4. The average molecular weight is 319 g/mol. The number of hydrogen-bond donors (Lipinski definition) is 1. The maximum absolute atomic E-state index is 10.7. The van der Waals surface area contributed by atoms with Gasteiger partial charge in [0.05, 0.1) is 21.5 Å². The van der Waals surface area contributed by atoms with Crippen LogP contribution in [-0.4, -0.2) is 16.1 Å². The number of carboxylic acids is 1. The van der Waals surface area contributed by atoms with Crippen molar-refractivity contribution in [2.24, 2.45) is 0 Å². The number of nitrogens with zero attached hydrogens (tertiary/aromatic N) is 1. The predicted octanol–water partition coefficient (Wildman–Crippen LogP) is 3.50.